The number of carbonyl (C=O) groups excluding carboxylic acids is 2. The topological polar surface area (TPSA) is 84.7 Å². The van der Waals surface area contributed by atoms with Crippen LogP contribution in [0.5, 0.6) is 5.75 Å². The van der Waals surface area contributed by atoms with Gasteiger partial charge in [-0.25, -0.2) is 0 Å². The minimum atomic E-state index is -0.420. The van der Waals surface area contributed by atoms with Crippen LogP contribution in [0.1, 0.15) is 26.0 Å². The fraction of sp³-hybridized carbons (Fsp3) is 0.389. The quantitative estimate of drug-likeness (QED) is 0.902. The van der Waals surface area contributed by atoms with Gasteiger partial charge < -0.3 is 14.6 Å². The first kappa shape index (κ1) is 17.0. The Morgan fingerprint density at radius 1 is 1.36 bits per heavy atom. The van der Waals surface area contributed by atoms with Crippen molar-refractivity contribution in [1.82, 2.24) is 5.16 Å². The molecule has 1 aromatic carbocycles. The van der Waals surface area contributed by atoms with Crippen molar-refractivity contribution in [1.29, 1.82) is 0 Å². The van der Waals surface area contributed by atoms with Crippen molar-refractivity contribution in [3.8, 4) is 5.75 Å². The number of hydrogen-bond acceptors (Lipinski definition) is 5. The van der Waals surface area contributed by atoms with Crippen molar-refractivity contribution in [2.24, 2.45) is 5.92 Å². The summed E-state index contributed by atoms with van der Waals surface area (Å²) in [4.78, 5) is 26.1. The predicted octanol–water partition coefficient (Wildman–Crippen LogP) is 2.76. The highest BCUT2D eigenvalue weighted by molar-refractivity contribution is 6.03. The number of anilines is 2. The Hall–Kier alpha value is -2.83. The lowest BCUT2D eigenvalue weighted by molar-refractivity contribution is -0.122. The molecular formula is C18H21N3O4. The van der Waals surface area contributed by atoms with E-state index in [1.54, 1.807) is 37.3 Å². The second-order valence-electron chi connectivity index (χ2n) is 6.38. The molecule has 2 heterocycles. The molecule has 1 unspecified atom stereocenters. The van der Waals surface area contributed by atoms with Gasteiger partial charge in [0.1, 0.15) is 11.5 Å². The molecule has 1 N–H and O–H groups in total. The minimum absolute atomic E-state index is 0.0936. The van der Waals surface area contributed by atoms with Gasteiger partial charge in [0.15, 0.2) is 5.82 Å². The van der Waals surface area contributed by atoms with Gasteiger partial charge in [0, 0.05) is 24.7 Å². The van der Waals surface area contributed by atoms with Crippen LogP contribution in [0.3, 0.4) is 0 Å². The molecule has 0 spiro atoms. The van der Waals surface area contributed by atoms with Crippen molar-refractivity contribution < 1.29 is 18.8 Å². The molecule has 2 amide bonds. The number of carbonyl (C=O) groups is 2. The Morgan fingerprint density at radius 2 is 2.08 bits per heavy atom. The highest BCUT2D eigenvalue weighted by atomic mass is 16.5. The molecule has 132 valence electrons. The molecule has 0 bridgehead atoms. The number of nitrogens with zero attached hydrogens (tertiary/aromatic N) is 2. The first-order chi connectivity index (χ1) is 11.9. The number of aryl methyl sites for hydroxylation is 1. The summed E-state index contributed by atoms with van der Waals surface area (Å²) in [7, 11) is 0. The maximum Gasteiger partial charge on any atom is 0.229 e. The first-order valence-electron chi connectivity index (χ1n) is 8.23. The first-order valence-corrected chi connectivity index (χ1v) is 8.23. The standard InChI is InChI=1S/C18H21N3O4/c1-11(2)24-15-6-4-14(5-7-15)19-18(23)13-9-17(22)21(10-13)16-8-12(3)25-20-16/h4-8,11,13H,9-10H2,1-3H3,(H,19,23). The van der Waals surface area contributed by atoms with Gasteiger partial charge in [0.05, 0.1) is 12.0 Å². The minimum Gasteiger partial charge on any atom is -0.491 e. The molecule has 7 nitrogen and oxygen atoms in total. The van der Waals surface area contributed by atoms with E-state index < -0.39 is 5.92 Å². The Labute approximate surface area is 145 Å². The van der Waals surface area contributed by atoms with Gasteiger partial charge in [-0.15, -0.1) is 0 Å². The van der Waals surface area contributed by atoms with Crippen LogP contribution in [0, 0.1) is 12.8 Å². The van der Waals surface area contributed by atoms with Gasteiger partial charge in [0.25, 0.3) is 0 Å². The Kier molecular flexibility index (Phi) is 4.74. The summed E-state index contributed by atoms with van der Waals surface area (Å²) in [6.45, 7) is 5.96. The second kappa shape index (κ2) is 6.96. The summed E-state index contributed by atoms with van der Waals surface area (Å²) in [5.74, 6) is 1.09. The van der Waals surface area contributed by atoms with Crippen LogP contribution >= 0.6 is 0 Å². The molecule has 1 saturated heterocycles. The van der Waals surface area contributed by atoms with Gasteiger partial charge in [0.2, 0.25) is 11.8 Å². The van der Waals surface area contributed by atoms with E-state index in [0.29, 0.717) is 23.8 Å². The lowest BCUT2D eigenvalue weighted by atomic mass is 10.1. The fourth-order valence-corrected chi connectivity index (χ4v) is 2.72. The van der Waals surface area contributed by atoms with E-state index in [2.05, 4.69) is 10.5 Å². The van der Waals surface area contributed by atoms with Crippen LogP contribution < -0.4 is 15.0 Å². The van der Waals surface area contributed by atoms with E-state index >= 15 is 0 Å². The molecule has 1 aromatic heterocycles. The molecule has 1 aliphatic heterocycles. The van der Waals surface area contributed by atoms with Crippen molar-refractivity contribution in [3.63, 3.8) is 0 Å². The van der Waals surface area contributed by atoms with E-state index in [0.717, 1.165) is 5.75 Å². The lowest BCUT2D eigenvalue weighted by Gasteiger charge is -2.13. The van der Waals surface area contributed by atoms with Gasteiger partial charge in [-0.1, -0.05) is 5.16 Å². The van der Waals surface area contributed by atoms with Crippen LogP contribution in [-0.2, 0) is 9.59 Å². The Bertz CT molecular complexity index is 767. The lowest BCUT2D eigenvalue weighted by Crippen LogP contribution is -2.28. The molecule has 0 aliphatic carbocycles. The molecule has 7 heteroatoms. The second-order valence-corrected chi connectivity index (χ2v) is 6.38. The number of benzene rings is 1. The molecule has 1 fully saturated rings. The van der Waals surface area contributed by atoms with E-state index in [4.69, 9.17) is 9.26 Å². The monoisotopic (exact) mass is 343 g/mol. The molecule has 0 radical (unpaired) electrons. The smallest absolute Gasteiger partial charge is 0.229 e. The number of rotatable bonds is 5. The summed E-state index contributed by atoms with van der Waals surface area (Å²) in [5.41, 5.74) is 0.671. The Balaban J connectivity index is 1.61. The third kappa shape index (κ3) is 3.99. The molecule has 3 rings (SSSR count). The molecule has 1 aliphatic rings. The van der Waals surface area contributed by atoms with Gasteiger partial charge >= 0.3 is 0 Å². The summed E-state index contributed by atoms with van der Waals surface area (Å²) in [5, 5.41) is 6.69. The van der Waals surface area contributed by atoms with Gasteiger partial charge in [-0.05, 0) is 45.0 Å². The van der Waals surface area contributed by atoms with E-state index in [9.17, 15) is 9.59 Å². The zero-order chi connectivity index (χ0) is 18.0. The Morgan fingerprint density at radius 3 is 2.68 bits per heavy atom. The molecule has 25 heavy (non-hydrogen) atoms. The van der Waals surface area contributed by atoms with Crippen LogP contribution in [0.2, 0.25) is 0 Å². The van der Waals surface area contributed by atoms with Crippen LogP contribution in [-0.4, -0.2) is 29.6 Å². The number of hydrogen-bond donors (Lipinski definition) is 1. The summed E-state index contributed by atoms with van der Waals surface area (Å²) >= 11 is 0. The summed E-state index contributed by atoms with van der Waals surface area (Å²) in [6.07, 6.45) is 0.253. The van der Waals surface area contributed by atoms with Gasteiger partial charge in [-0.2, -0.15) is 0 Å². The third-order valence-electron chi connectivity index (χ3n) is 3.88. The van der Waals surface area contributed by atoms with Crippen molar-refractivity contribution in [2.45, 2.75) is 33.3 Å². The van der Waals surface area contributed by atoms with Crippen LogP contribution in [0.15, 0.2) is 34.9 Å². The summed E-state index contributed by atoms with van der Waals surface area (Å²) in [6, 6.07) is 8.86. The van der Waals surface area contributed by atoms with E-state index in [1.807, 2.05) is 13.8 Å². The molecule has 0 saturated carbocycles. The zero-order valence-electron chi connectivity index (χ0n) is 14.5. The SMILES string of the molecule is Cc1cc(N2CC(C(=O)Nc3ccc(OC(C)C)cc3)CC2=O)no1. The van der Waals surface area contributed by atoms with Crippen LogP contribution in [0.4, 0.5) is 11.5 Å². The average Bonchev–Trinajstić information content (AvgIpc) is 3.14. The molecule has 2 aromatic rings. The van der Waals surface area contributed by atoms with E-state index in [1.165, 1.54) is 4.90 Å². The molecular weight excluding hydrogens is 322 g/mol. The maximum absolute atomic E-state index is 12.4. The van der Waals surface area contributed by atoms with Crippen LogP contribution in [0.25, 0.3) is 0 Å². The summed E-state index contributed by atoms with van der Waals surface area (Å²) < 4.78 is 10.6. The average molecular weight is 343 g/mol. The molecule has 1 atom stereocenters. The predicted molar refractivity (Wildman–Crippen MR) is 92.5 cm³/mol. The fourth-order valence-electron chi connectivity index (χ4n) is 2.72. The third-order valence-corrected chi connectivity index (χ3v) is 3.88. The van der Waals surface area contributed by atoms with Crippen molar-refractivity contribution >= 4 is 23.3 Å². The van der Waals surface area contributed by atoms with Crippen molar-refractivity contribution in [2.75, 3.05) is 16.8 Å². The van der Waals surface area contributed by atoms with Gasteiger partial charge in [-0.3, -0.25) is 14.5 Å². The number of nitrogens with one attached hydrogen (secondary N) is 1. The highest BCUT2D eigenvalue weighted by Gasteiger charge is 2.36. The maximum atomic E-state index is 12.4. The number of amides is 2. The zero-order valence-corrected chi connectivity index (χ0v) is 14.5. The highest BCUT2D eigenvalue weighted by Crippen LogP contribution is 2.26. The largest absolute Gasteiger partial charge is 0.491 e. The van der Waals surface area contributed by atoms with Crippen molar-refractivity contribution in [3.05, 3.63) is 36.1 Å². The number of aromatic nitrogens is 1. The normalized spacial score (nSPS) is 17.2. The van der Waals surface area contributed by atoms with E-state index in [-0.39, 0.29) is 24.3 Å². The number of ether oxygens (including phenoxy) is 1.